The van der Waals surface area contributed by atoms with Gasteiger partial charge in [0.15, 0.2) is 0 Å². The monoisotopic (exact) mass is 198 g/mol. The molecule has 0 aromatic heterocycles. The topological polar surface area (TPSA) is 17.1 Å². The molecule has 0 amide bonds. The van der Waals surface area contributed by atoms with Crippen LogP contribution in [-0.4, -0.2) is 6.29 Å². The SMILES string of the molecule is CC1=CC=C(C=O)[C@@H](c2ccccc2)C1. The molecule has 0 fully saturated rings. The number of aldehydes is 1. The van der Waals surface area contributed by atoms with Gasteiger partial charge in [-0.25, -0.2) is 0 Å². The van der Waals surface area contributed by atoms with Gasteiger partial charge >= 0.3 is 0 Å². The van der Waals surface area contributed by atoms with Gasteiger partial charge in [-0.15, -0.1) is 0 Å². The summed E-state index contributed by atoms with van der Waals surface area (Å²) < 4.78 is 0. The number of hydrogen-bond acceptors (Lipinski definition) is 1. The quantitative estimate of drug-likeness (QED) is 0.667. The molecular formula is C14H14O. The Morgan fingerprint density at radius 3 is 2.60 bits per heavy atom. The molecule has 1 heteroatoms. The second-order valence-corrected chi connectivity index (χ2v) is 3.96. The van der Waals surface area contributed by atoms with Crippen LogP contribution in [0.2, 0.25) is 0 Å². The van der Waals surface area contributed by atoms with Crippen LogP contribution in [0.15, 0.2) is 53.6 Å². The Labute approximate surface area is 90.1 Å². The van der Waals surface area contributed by atoms with Crippen molar-refractivity contribution < 1.29 is 4.79 Å². The van der Waals surface area contributed by atoms with Gasteiger partial charge in [0.25, 0.3) is 0 Å². The summed E-state index contributed by atoms with van der Waals surface area (Å²) in [7, 11) is 0. The Morgan fingerprint density at radius 1 is 1.20 bits per heavy atom. The van der Waals surface area contributed by atoms with Crippen LogP contribution in [0.5, 0.6) is 0 Å². The summed E-state index contributed by atoms with van der Waals surface area (Å²) in [5.41, 5.74) is 3.43. The largest absolute Gasteiger partial charge is 0.298 e. The number of allylic oxidation sites excluding steroid dienone is 4. The first kappa shape index (κ1) is 9.91. The predicted molar refractivity (Wildman–Crippen MR) is 61.7 cm³/mol. The summed E-state index contributed by atoms with van der Waals surface area (Å²) >= 11 is 0. The minimum atomic E-state index is 0.244. The fourth-order valence-electron chi connectivity index (χ4n) is 1.98. The zero-order valence-corrected chi connectivity index (χ0v) is 8.81. The van der Waals surface area contributed by atoms with Crippen molar-refractivity contribution in [3.63, 3.8) is 0 Å². The van der Waals surface area contributed by atoms with Gasteiger partial charge < -0.3 is 0 Å². The molecule has 0 bridgehead atoms. The second kappa shape index (κ2) is 4.26. The highest BCUT2D eigenvalue weighted by Gasteiger charge is 2.18. The van der Waals surface area contributed by atoms with Crippen molar-refractivity contribution in [1.82, 2.24) is 0 Å². The smallest absolute Gasteiger partial charge is 0.146 e. The normalized spacial score (nSPS) is 20.5. The second-order valence-electron chi connectivity index (χ2n) is 3.96. The zero-order chi connectivity index (χ0) is 10.7. The van der Waals surface area contributed by atoms with Gasteiger partial charge in [-0.2, -0.15) is 0 Å². The van der Waals surface area contributed by atoms with E-state index in [0.717, 1.165) is 18.3 Å². The summed E-state index contributed by atoms with van der Waals surface area (Å²) in [5.74, 6) is 0.244. The number of benzene rings is 1. The Kier molecular flexibility index (Phi) is 2.82. The van der Waals surface area contributed by atoms with E-state index in [4.69, 9.17) is 0 Å². The molecule has 15 heavy (non-hydrogen) atoms. The van der Waals surface area contributed by atoms with Gasteiger partial charge in [0.1, 0.15) is 6.29 Å². The Balaban J connectivity index is 2.35. The van der Waals surface area contributed by atoms with Crippen LogP contribution in [0.1, 0.15) is 24.8 Å². The van der Waals surface area contributed by atoms with Crippen LogP contribution in [0.4, 0.5) is 0 Å². The van der Waals surface area contributed by atoms with E-state index >= 15 is 0 Å². The number of carbonyl (C=O) groups is 1. The summed E-state index contributed by atoms with van der Waals surface area (Å²) in [6, 6.07) is 10.2. The maximum absolute atomic E-state index is 11.0. The lowest BCUT2D eigenvalue weighted by atomic mass is 9.83. The average Bonchev–Trinajstić information content (AvgIpc) is 2.30. The first-order valence-corrected chi connectivity index (χ1v) is 5.18. The maximum Gasteiger partial charge on any atom is 0.146 e. The summed E-state index contributed by atoms with van der Waals surface area (Å²) in [6.07, 6.45) is 5.89. The number of rotatable bonds is 2. The standard InChI is InChI=1S/C14H14O/c1-11-7-8-13(10-15)14(9-11)12-5-3-2-4-6-12/h2-8,10,14H,9H2,1H3/t14-/m1/s1. The third kappa shape index (κ3) is 2.07. The molecule has 0 radical (unpaired) electrons. The van der Waals surface area contributed by atoms with Crippen molar-refractivity contribution in [2.75, 3.05) is 0 Å². The van der Waals surface area contributed by atoms with E-state index in [9.17, 15) is 4.79 Å². The van der Waals surface area contributed by atoms with E-state index in [-0.39, 0.29) is 5.92 Å². The Bertz CT molecular complexity index is 412. The van der Waals surface area contributed by atoms with E-state index in [1.807, 2.05) is 30.4 Å². The van der Waals surface area contributed by atoms with Crippen LogP contribution in [0.25, 0.3) is 0 Å². The van der Waals surface area contributed by atoms with E-state index in [1.54, 1.807) is 0 Å². The molecule has 0 saturated carbocycles. The van der Waals surface area contributed by atoms with E-state index < -0.39 is 0 Å². The molecule has 0 spiro atoms. The van der Waals surface area contributed by atoms with Crippen LogP contribution >= 0.6 is 0 Å². The van der Waals surface area contributed by atoms with E-state index in [0.29, 0.717) is 0 Å². The lowest BCUT2D eigenvalue weighted by Crippen LogP contribution is -2.07. The van der Waals surface area contributed by atoms with Crippen LogP contribution in [0, 0.1) is 0 Å². The van der Waals surface area contributed by atoms with Crippen molar-refractivity contribution in [2.45, 2.75) is 19.3 Å². The molecule has 0 saturated heterocycles. The van der Waals surface area contributed by atoms with Crippen molar-refractivity contribution in [3.8, 4) is 0 Å². The highest BCUT2D eigenvalue weighted by Crippen LogP contribution is 2.32. The predicted octanol–water partition coefficient (Wildman–Crippen LogP) is 3.25. The maximum atomic E-state index is 11.0. The molecule has 1 atom stereocenters. The van der Waals surface area contributed by atoms with Crippen LogP contribution in [0.3, 0.4) is 0 Å². The minimum Gasteiger partial charge on any atom is -0.298 e. The molecule has 0 heterocycles. The zero-order valence-electron chi connectivity index (χ0n) is 8.81. The molecule has 1 aromatic rings. The third-order valence-electron chi connectivity index (χ3n) is 2.83. The average molecular weight is 198 g/mol. The molecule has 1 aliphatic carbocycles. The molecule has 0 N–H and O–H groups in total. The number of hydrogen-bond donors (Lipinski definition) is 0. The van der Waals surface area contributed by atoms with E-state index in [2.05, 4.69) is 19.1 Å². The van der Waals surface area contributed by atoms with Gasteiger partial charge in [0.05, 0.1) is 0 Å². The van der Waals surface area contributed by atoms with Gasteiger partial charge in [0, 0.05) is 5.92 Å². The van der Waals surface area contributed by atoms with E-state index in [1.165, 1.54) is 11.1 Å². The first-order chi connectivity index (χ1) is 7.31. The lowest BCUT2D eigenvalue weighted by molar-refractivity contribution is -0.105. The Morgan fingerprint density at radius 2 is 1.93 bits per heavy atom. The van der Waals surface area contributed by atoms with Crippen LogP contribution < -0.4 is 0 Å². The molecule has 0 unspecified atom stereocenters. The molecule has 1 nitrogen and oxygen atoms in total. The van der Waals surface area contributed by atoms with Crippen molar-refractivity contribution in [1.29, 1.82) is 0 Å². The Hall–Kier alpha value is -1.63. The van der Waals surface area contributed by atoms with Gasteiger partial charge in [-0.05, 0) is 24.5 Å². The summed E-state index contributed by atoms with van der Waals surface area (Å²) in [6.45, 7) is 2.11. The first-order valence-electron chi connectivity index (χ1n) is 5.18. The summed E-state index contributed by atoms with van der Waals surface area (Å²) in [4.78, 5) is 11.0. The van der Waals surface area contributed by atoms with Crippen molar-refractivity contribution in [2.24, 2.45) is 0 Å². The highest BCUT2D eigenvalue weighted by molar-refractivity contribution is 5.77. The fraction of sp³-hybridized carbons (Fsp3) is 0.214. The van der Waals surface area contributed by atoms with Crippen molar-refractivity contribution >= 4 is 6.29 Å². The van der Waals surface area contributed by atoms with Gasteiger partial charge in [0.2, 0.25) is 0 Å². The molecule has 1 aliphatic rings. The van der Waals surface area contributed by atoms with Crippen molar-refractivity contribution in [3.05, 3.63) is 59.2 Å². The molecule has 0 aliphatic heterocycles. The lowest BCUT2D eigenvalue weighted by Gasteiger charge is -2.20. The fourth-order valence-corrected chi connectivity index (χ4v) is 1.98. The molecular weight excluding hydrogens is 184 g/mol. The minimum absolute atomic E-state index is 0.244. The van der Waals surface area contributed by atoms with Gasteiger partial charge in [-0.1, -0.05) is 48.1 Å². The summed E-state index contributed by atoms with van der Waals surface area (Å²) in [5, 5.41) is 0. The van der Waals surface area contributed by atoms with Crippen LogP contribution in [-0.2, 0) is 4.79 Å². The highest BCUT2D eigenvalue weighted by atomic mass is 16.1. The molecule has 76 valence electrons. The van der Waals surface area contributed by atoms with Gasteiger partial charge in [-0.3, -0.25) is 4.79 Å². The molecule has 1 aromatic carbocycles. The molecule has 2 rings (SSSR count). The third-order valence-corrected chi connectivity index (χ3v) is 2.83. The number of carbonyl (C=O) groups excluding carboxylic acids is 1.